The third-order valence-corrected chi connectivity index (χ3v) is 3.49. The van der Waals surface area contributed by atoms with Gasteiger partial charge in [0.15, 0.2) is 0 Å². The molecule has 1 aromatic carbocycles. The van der Waals surface area contributed by atoms with Crippen molar-refractivity contribution in [3.63, 3.8) is 0 Å². The molecule has 120 valence electrons. The molecule has 5 nitrogen and oxygen atoms in total. The monoisotopic (exact) mass is 318 g/mol. The summed E-state index contributed by atoms with van der Waals surface area (Å²) >= 11 is 0. The summed E-state index contributed by atoms with van der Waals surface area (Å²) in [4.78, 5) is 20.6. The number of benzene rings is 1. The highest BCUT2D eigenvalue weighted by atomic mass is 16.1. The average Bonchev–Trinajstić information content (AvgIpc) is 2.66. The van der Waals surface area contributed by atoms with E-state index < -0.39 is 0 Å². The summed E-state index contributed by atoms with van der Waals surface area (Å²) in [7, 11) is 0. The summed E-state index contributed by atoms with van der Waals surface area (Å²) < 4.78 is 0. The minimum Gasteiger partial charge on any atom is -0.378 e. The molecule has 0 spiro atoms. The number of amides is 1. The fraction of sp³-hybridized carbons (Fsp3) is 0.105. The molecule has 0 aliphatic rings. The van der Waals surface area contributed by atoms with E-state index in [1.54, 1.807) is 18.5 Å². The highest BCUT2D eigenvalue weighted by molar-refractivity contribution is 5.92. The van der Waals surface area contributed by atoms with Crippen LogP contribution in [-0.2, 0) is 13.1 Å². The predicted molar refractivity (Wildman–Crippen MR) is 93.4 cm³/mol. The Balaban J connectivity index is 1.53. The molecule has 3 rings (SSSR count). The Bertz CT molecular complexity index is 773. The fourth-order valence-corrected chi connectivity index (χ4v) is 2.20. The van der Waals surface area contributed by atoms with Crippen molar-refractivity contribution in [1.82, 2.24) is 15.3 Å². The van der Waals surface area contributed by atoms with E-state index in [0.29, 0.717) is 18.8 Å². The van der Waals surface area contributed by atoms with E-state index in [1.165, 1.54) is 0 Å². The zero-order valence-electron chi connectivity index (χ0n) is 13.1. The normalized spacial score (nSPS) is 10.2. The maximum absolute atomic E-state index is 12.1. The molecule has 0 aliphatic carbocycles. The third kappa shape index (κ3) is 4.39. The van der Waals surface area contributed by atoms with Gasteiger partial charge in [0.25, 0.3) is 5.91 Å². The smallest absolute Gasteiger partial charge is 0.270 e. The van der Waals surface area contributed by atoms with Crippen LogP contribution in [0.1, 0.15) is 21.7 Å². The topological polar surface area (TPSA) is 66.9 Å². The van der Waals surface area contributed by atoms with Crippen LogP contribution in [0.15, 0.2) is 73.1 Å². The minimum atomic E-state index is -0.185. The maximum atomic E-state index is 12.1. The molecule has 0 atom stereocenters. The summed E-state index contributed by atoms with van der Waals surface area (Å²) in [6, 6.07) is 19.1. The van der Waals surface area contributed by atoms with Crippen molar-refractivity contribution >= 4 is 11.6 Å². The first kappa shape index (κ1) is 15.7. The Morgan fingerprint density at radius 3 is 2.42 bits per heavy atom. The van der Waals surface area contributed by atoms with Gasteiger partial charge in [-0.05, 0) is 29.8 Å². The molecule has 2 N–H and O–H groups in total. The van der Waals surface area contributed by atoms with E-state index >= 15 is 0 Å². The van der Waals surface area contributed by atoms with E-state index in [-0.39, 0.29) is 5.91 Å². The van der Waals surface area contributed by atoms with Gasteiger partial charge in [-0.15, -0.1) is 0 Å². The van der Waals surface area contributed by atoms with Gasteiger partial charge >= 0.3 is 0 Å². The van der Waals surface area contributed by atoms with Crippen molar-refractivity contribution in [3.8, 4) is 0 Å². The zero-order valence-corrected chi connectivity index (χ0v) is 13.1. The molecule has 0 saturated heterocycles. The summed E-state index contributed by atoms with van der Waals surface area (Å²) in [5.41, 5.74) is 3.25. The largest absolute Gasteiger partial charge is 0.378 e. The van der Waals surface area contributed by atoms with Crippen molar-refractivity contribution in [2.75, 3.05) is 5.32 Å². The Morgan fingerprint density at radius 2 is 1.71 bits per heavy atom. The first-order chi connectivity index (χ1) is 11.8. The molecule has 3 aromatic rings. The highest BCUT2D eigenvalue weighted by Crippen LogP contribution is 2.08. The van der Waals surface area contributed by atoms with Gasteiger partial charge in [-0.3, -0.25) is 9.78 Å². The number of hydrogen-bond acceptors (Lipinski definition) is 4. The fourth-order valence-electron chi connectivity index (χ4n) is 2.20. The molecular formula is C19H18N4O. The van der Waals surface area contributed by atoms with Crippen LogP contribution >= 0.6 is 0 Å². The average molecular weight is 318 g/mol. The molecule has 0 radical (unpaired) electrons. The van der Waals surface area contributed by atoms with Gasteiger partial charge in [0.1, 0.15) is 5.69 Å². The molecule has 0 saturated carbocycles. The number of nitrogens with zero attached hydrogens (tertiary/aromatic N) is 2. The Labute approximate surface area is 140 Å². The van der Waals surface area contributed by atoms with Gasteiger partial charge in [-0.1, -0.05) is 36.4 Å². The Hall–Kier alpha value is -3.21. The number of aromatic nitrogens is 2. The number of nitrogens with one attached hydrogen (secondary N) is 2. The van der Waals surface area contributed by atoms with Crippen LogP contribution in [-0.4, -0.2) is 15.9 Å². The van der Waals surface area contributed by atoms with Crippen molar-refractivity contribution in [2.24, 2.45) is 0 Å². The number of hydrogen-bond donors (Lipinski definition) is 2. The molecule has 0 unspecified atom stereocenters. The van der Waals surface area contributed by atoms with E-state index in [0.717, 1.165) is 16.9 Å². The number of rotatable bonds is 6. The van der Waals surface area contributed by atoms with Crippen molar-refractivity contribution in [3.05, 3.63) is 90.0 Å². The molecule has 0 bridgehead atoms. The second kappa shape index (κ2) is 7.87. The van der Waals surface area contributed by atoms with Crippen molar-refractivity contribution in [1.29, 1.82) is 0 Å². The second-order valence-corrected chi connectivity index (χ2v) is 5.28. The molecule has 24 heavy (non-hydrogen) atoms. The SMILES string of the molecule is O=C(NCc1ccccc1)c1ccc(NCc2ccccn2)cn1. The second-order valence-electron chi connectivity index (χ2n) is 5.28. The van der Waals surface area contributed by atoms with Crippen LogP contribution in [0.4, 0.5) is 5.69 Å². The maximum Gasteiger partial charge on any atom is 0.270 e. The minimum absolute atomic E-state index is 0.185. The van der Waals surface area contributed by atoms with Gasteiger partial charge in [0.2, 0.25) is 0 Å². The molecular weight excluding hydrogens is 300 g/mol. The standard InChI is InChI=1S/C19H18N4O/c24-19(23-12-15-6-2-1-3-7-15)18-10-9-17(14-22-18)21-13-16-8-4-5-11-20-16/h1-11,14,21H,12-13H2,(H,23,24). The predicted octanol–water partition coefficient (Wildman–Crippen LogP) is 3.02. The lowest BCUT2D eigenvalue weighted by atomic mass is 10.2. The van der Waals surface area contributed by atoms with Crippen LogP contribution in [0.2, 0.25) is 0 Å². The van der Waals surface area contributed by atoms with Gasteiger partial charge < -0.3 is 10.6 Å². The molecule has 2 aromatic heterocycles. The van der Waals surface area contributed by atoms with E-state index in [1.807, 2.05) is 54.6 Å². The van der Waals surface area contributed by atoms with E-state index in [4.69, 9.17) is 0 Å². The number of carbonyl (C=O) groups is 1. The van der Waals surface area contributed by atoms with Crippen LogP contribution in [0.5, 0.6) is 0 Å². The number of anilines is 1. The summed E-state index contributed by atoms with van der Waals surface area (Å²) in [5.74, 6) is -0.185. The van der Waals surface area contributed by atoms with Gasteiger partial charge in [0.05, 0.1) is 24.1 Å². The van der Waals surface area contributed by atoms with E-state index in [2.05, 4.69) is 20.6 Å². The lowest BCUT2D eigenvalue weighted by Gasteiger charge is -2.07. The van der Waals surface area contributed by atoms with Crippen LogP contribution in [0, 0.1) is 0 Å². The Morgan fingerprint density at radius 1 is 0.875 bits per heavy atom. The third-order valence-electron chi connectivity index (χ3n) is 3.49. The first-order valence-corrected chi connectivity index (χ1v) is 7.73. The summed E-state index contributed by atoms with van der Waals surface area (Å²) in [5, 5.41) is 6.09. The van der Waals surface area contributed by atoms with Crippen LogP contribution in [0.25, 0.3) is 0 Å². The lowest BCUT2D eigenvalue weighted by Crippen LogP contribution is -2.23. The van der Waals surface area contributed by atoms with Crippen LogP contribution in [0.3, 0.4) is 0 Å². The van der Waals surface area contributed by atoms with Crippen molar-refractivity contribution < 1.29 is 4.79 Å². The molecule has 1 amide bonds. The van der Waals surface area contributed by atoms with Gasteiger partial charge in [-0.25, -0.2) is 4.98 Å². The molecule has 0 aliphatic heterocycles. The molecule has 2 heterocycles. The Kier molecular flexibility index (Phi) is 5.14. The van der Waals surface area contributed by atoms with Gasteiger partial charge in [0, 0.05) is 12.7 Å². The summed E-state index contributed by atoms with van der Waals surface area (Å²) in [6.07, 6.45) is 3.41. The number of pyridine rings is 2. The highest BCUT2D eigenvalue weighted by Gasteiger charge is 2.06. The quantitative estimate of drug-likeness (QED) is 0.733. The van der Waals surface area contributed by atoms with Crippen molar-refractivity contribution in [2.45, 2.75) is 13.1 Å². The van der Waals surface area contributed by atoms with E-state index in [9.17, 15) is 4.79 Å². The molecule has 5 heteroatoms. The van der Waals surface area contributed by atoms with Gasteiger partial charge in [-0.2, -0.15) is 0 Å². The van der Waals surface area contributed by atoms with Crippen LogP contribution < -0.4 is 10.6 Å². The molecule has 0 fully saturated rings. The number of carbonyl (C=O) groups excluding carboxylic acids is 1. The summed E-state index contributed by atoms with van der Waals surface area (Å²) in [6.45, 7) is 1.10. The first-order valence-electron chi connectivity index (χ1n) is 7.73. The lowest BCUT2D eigenvalue weighted by molar-refractivity contribution is 0.0946. The zero-order chi connectivity index (χ0) is 16.6.